The van der Waals surface area contributed by atoms with Crippen LogP contribution in [0.3, 0.4) is 0 Å². The Kier molecular flexibility index (Phi) is 8.74. The summed E-state index contributed by atoms with van der Waals surface area (Å²) in [5.74, 6) is 0. The normalized spacial score (nSPS) is 13.9. The SMILES string of the molecule is CC1(C)c2ccccc2-c2ccc(-c3c4ccc(-c5ccc(-c6c7ccccc7c(-c7ccccc7)c7ccccc67)cc5)cc4c(-c4ccc5c(c4)C(C)(C)c4ccccc4-5)c4ccncc34)cc21. The minimum Gasteiger partial charge on any atom is -0.264 e. The summed E-state index contributed by atoms with van der Waals surface area (Å²) in [4.78, 5) is 4.84. The summed E-state index contributed by atoms with van der Waals surface area (Å²) >= 11 is 0. The minimum atomic E-state index is -0.130. The third kappa shape index (κ3) is 5.82. The van der Waals surface area contributed by atoms with Crippen LogP contribution in [0, 0.1) is 0 Å². The first kappa shape index (κ1) is 40.7. The van der Waals surface area contributed by atoms with Gasteiger partial charge in [0.05, 0.1) is 0 Å². The second-order valence-corrected chi connectivity index (χ2v) is 20.6. The van der Waals surface area contributed by atoms with E-state index in [-0.39, 0.29) is 10.8 Å². The molecular formula is C69H49N. The van der Waals surface area contributed by atoms with Crippen molar-refractivity contribution in [2.75, 3.05) is 0 Å². The van der Waals surface area contributed by atoms with Crippen molar-refractivity contribution in [3.8, 4) is 77.9 Å². The number of benzene rings is 11. The topological polar surface area (TPSA) is 12.9 Å². The van der Waals surface area contributed by atoms with E-state index in [0.717, 1.165) is 5.39 Å². The lowest BCUT2D eigenvalue weighted by molar-refractivity contribution is 0.660. The highest BCUT2D eigenvalue weighted by molar-refractivity contribution is 6.23. The van der Waals surface area contributed by atoms with Crippen LogP contribution in [0.4, 0.5) is 0 Å². The van der Waals surface area contributed by atoms with E-state index in [9.17, 15) is 0 Å². The summed E-state index contributed by atoms with van der Waals surface area (Å²) in [6.45, 7) is 9.50. The molecule has 0 saturated heterocycles. The Morgan fingerprint density at radius 2 is 0.643 bits per heavy atom. The van der Waals surface area contributed by atoms with Crippen LogP contribution in [0.5, 0.6) is 0 Å². The van der Waals surface area contributed by atoms with Gasteiger partial charge in [0.1, 0.15) is 0 Å². The highest BCUT2D eigenvalue weighted by atomic mass is 14.6. The van der Waals surface area contributed by atoms with Crippen molar-refractivity contribution < 1.29 is 0 Å². The molecule has 12 aromatic rings. The van der Waals surface area contributed by atoms with E-state index >= 15 is 0 Å². The van der Waals surface area contributed by atoms with Crippen LogP contribution in [-0.2, 0) is 10.8 Å². The maximum Gasteiger partial charge on any atom is 0.0353 e. The summed E-state index contributed by atoms with van der Waals surface area (Å²) in [6, 6.07) is 79.7. The molecule has 1 heterocycles. The van der Waals surface area contributed by atoms with E-state index in [2.05, 4.69) is 246 Å². The molecule has 0 spiro atoms. The van der Waals surface area contributed by atoms with Crippen molar-refractivity contribution in [1.29, 1.82) is 0 Å². The maximum atomic E-state index is 4.84. The van der Waals surface area contributed by atoms with Crippen LogP contribution in [-0.4, -0.2) is 4.98 Å². The number of rotatable bonds is 5. The van der Waals surface area contributed by atoms with Crippen molar-refractivity contribution >= 4 is 43.1 Å². The van der Waals surface area contributed by atoms with E-state index in [1.807, 2.05) is 6.20 Å². The highest BCUT2D eigenvalue weighted by Gasteiger charge is 2.37. The average Bonchev–Trinajstić information content (AvgIpc) is 3.78. The number of hydrogen-bond acceptors (Lipinski definition) is 1. The molecule has 2 aliphatic carbocycles. The van der Waals surface area contributed by atoms with E-state index in [1.54, 1.807) is 0 Å². The molecular weight excluding hydrogens is 843 g/mol. The van der Waals surface area contributed by atoms with Gasteiger partial charge in [-0.25, -0.2) is 0 Å². The van der Waals surface area contributed by atoms with E-state index in [4.69, 9.17) is 4.98 Å². The fraction of sp³-hybridized carbons (Fsp3) is 0.0870. The summed E-state index contributed by atoms with van der Waals surface area (Å²) in [7, 11) is 0. The van der Waals surface area contributed by atoms with Crippen LogP contribution in [0.2, 0.25) is 0 Å². The predicted molar refractivity (Wildman–Crippen MR) is 297 cm³/mol. The van der Waals surface area contributed by atoms with Gasteiger partial charge in [-0.1, -0.05) is 216 Å². The molecule has 2 aliphatic rings. The molecule has 0 bridgehead atoms. The molecule has 0 fully saturated rings. The Bertz CT molecular complexity index is 4100. The smallest absolute Gasteiger partial charge is 0.0353 e. The third-order valence-corrected chi connectivity index (χ3v) is 16.2. The molecule has 1 heteroatoms. The predicted octanol–water partition coefficient (Wildman–Crippen LogP) is 18.6. The van der Waals surface area contributed by atoms with Crippen LogP contribution >= 0.6 is 0 Å². The molecule has 70 heavy (non-hydrogen) atoms. The van der Waals surface area contributed by atoms with Crippen molar-refractivity contribution in [2.45, 2.75) is 38.5 Å². The standard InChI is InChI=1S/C69H49N/c1-68(2)60-24-14-12-18-48(60)50-33-31-46(39-62(50)68)66-57-36-37-70-41-59(57)67(47-32-34-51-49-19-13-15-25-61(49)69(3,4)63(51)40-47)56-35-30-45(38-58(56)66)42-26-28-44(29-27-42)65-54-22-10-8-20-52(54)64(43-16-6-5-7-17-43)53-21-9-11-23-55(53)65/h5-41H,1-4H3. The van der Waals surface area contributed by atoms with Crippen LogP contribution in [0.15, 0.2) is 225 Å². The first-order valence-corrected chi connectivity index (χ1v) is 24.7. The first-order chi connectivity index (χ1) is 34.3. The van der Waals surface area contributed by atoms with Crippen molar-refractivity contribution in [2.24, 2.45) is 0 Å². The molecule has 0 amide bonds. The zero-order chi connectivity index (χ0) is 46.9. The van der Waals surface area contributed by atoms with Gasteiger partial charge in [-0.15, -0.1) is 0 Å². The second kappa shape index (κ2) is 15.1. The fourth-order valence-electron chi connectivity index (χ4n) is 12.8. The van der Waals surface area contributed by atoms with Gasteiger partial charge >= 0.3 is 0 Å². The monoisotopic (exact) mass is 891 g/mol. The maximum absolute atomic E-state index is 4.84. The number of nitrogens with zero attached hydrogens (tertiary/aromatic N) is 1. The molecule has 0 unspecified atom stereocenters. The van der Waals surface area contributed by atoms with Crippen molar-refractivity contribution in [3.63, 3.8) is 0 Å². The van der Waals surface area contributed by atoms with Crippen LogP contribution in [0.1, 0.15) is 49.9 Å². The summed E-state index contributed by atoms with van der Waals surface area (Å²) in [5.41, 5.74) is 22.9. The zero-order valence-corrected chi connectivity index (χ0v) is 39.8. The van der Waals surface area contributed by atoms with Gasteiger partial charge in [0, 0.05) is 28.6 Å². The average molecular weight is 892 g/mol. The quantitative estimate of drug-likeness (QED) is 0.157. The van der Waals surface area contributed by atoms with Crippen LogP contribution in [0.25, 0.3) is 121 Å². The summed E-state index contributed by atoms with van der Waals surface area (Å²) in [5, 5.41) is 9.89. The van der Waals surface area contributed by atoms with Gasteiger partial charge in [-0.2, -0.15) is 0 Å². The molecule has 0 aliphatic heterocycles. The Hall–Kier alpha value is -8.39. The molecule has 0 radical (unpaired) electrons. The van der Waals surface area contributed by atoms with Gasteiger partial charge in [0.25, 0.3) is 0 Å². The lowest BCUT2D eigenvalue weighted by atomic mass is 9.79. The van der Waals surface area contributed by atoms with Gasteiger partial charge in [0.2, 0.25) is 0 Å². The molecule has 14 rings (SSSR count). The molecule has 1 nitrogen and oxygen atoms in total. The number of aromatic nitrogens is 1. The van der Waals surface area contributed by atoms with E-state index in [1.165, 1.54) is 138 Å². The Morgan fingerprint density at radius 3 is 1.20 bits per heavy atom. The summed E-state index contributed by atoms with van der Waals surface area (Å²) in [6.07, 6.45) is 4.07. The van der Waals surface area contributed by atoms with Gasteiger partial charge in [-0.05, 0) is 162 Å². The Morgan fingerprint density at radius 1 is 0.257 bits per heavy atom. The Labute approximate surface area is 409 Å². The molecule has 0 saturated carbocycles. The molecule has 330 valence electrons. The van der Waals surface area contributed by atoms with E-state index in [0.29, 0.717) is 0 Å². The molecule has 0 atom stereocenters. The Balaban J connectivity index is 0.980. The third-order valence-electron chi connectivity index (χ3n) is 16.2. The fourth-order valence-corrected chi connectivity index (χ4v) is 12.8. The summed E-state index contributed by atoms with van der Waals surface area (Å²) < 4.78 is 0. The van der Waals surface area contributed by atoms with Gasteiger partial charge in [0.15, 0.2) is 0 Å². The van der Waals surface area contributed by atoms with Gasteiger partial charge < -0.3 is 0 Å². The highest BCUT2D eigenvalue weighted by Crippen LogP contribution is 2.54. The van der Waals surface area contributed by atoms with Crippen LogP contribution < -0.4 is 0 Å². The number of hydrogen-bond donors (Lipinski definition) is 0. The molecule has 0 N–H and O–H groups in total. The minimum absolute atomic E-state index is 0.123. The lowest BCUT2D eigenvalue weighted by Gasteiger charge is -2.24. The lowest BCUT2D eigenvalue weighted by Crippen LogP contribution is -2.15. The van der Waals surface area contributed by atoms with E-state index < -0.39 is 0 Å². The first-order valence-electron chi connectivity index (χ1n) is 24.7. The largest absolute Gasteiger partial charge is 0.264 e. The molecule has 1 aromatic heterocycles. The number of fused-ring (bicyclic) bond motifs is 10. The molecule has 11 aromatic carbocycles. The second-order valence-electron chi connectivity index (χ2n) is 20.6. The van der Waals surface area contributed by atoms with Crippen molar-refractivity contribution in [3.05, 3.63) is 247 Å². The number of pyridine rings is 1. The van der Waals surface area contributed by atoms with Crippen molar-refractivity contribution in [1.82, 2.24) is 4.98 Å². The zero-order valence-electron chi connectivity index (χ0n) is 39.8. The van der Waals surface area contributed by atoms with Gasteiger partial charge in [-0.3, -0.25) is 4.98 Å².